The number of methoxy groups -OCH3 is 1. The highest BCUT2D eigenvalue weighted by Crippen LogP contribution is 2.32. The number of rotatable bonds is 2. The Morgan fingerprint density at radius 1 is 1.32 bits per heavy atom. The van der Waals surface area contributed by atoms with Gasteiger partial charge >= 0.3 is 0 Å². The van der Waals surface area contributed by atoms with Crippen molar-refractivity contribution in [2.24, 2.45) is 0 Å². The number of likely N-dealkylation sites (tertiary alicyclic amines) is 1. The Morgan fingerprint density at radius 2 is 2.05 bits per heavy atom. The van der Waals surface area contributed by atoms with Gasteiger partial charge in [-0.15, -0.1) is 0 Å². The van der Waals surface area contributed by atoms with Gasteiger partial charge < -0.3 is 14.6 Å². The Balaban J connectivity index is 2.16. The molecular weight excluding hydrogens is 240 g/mol. The second-order valence-corrected chi connectivity index (χ2v) is 5.01. The summed E-state index contributed by atoms with van der Waals surface area (Å²) in [5, 5.41) is 0.902. The number of carbonyl (C=O) groups excluding carboxylic acids is 1. The summed E-state index contributed by atoms with van der Waals surface area (Å²) < 4.78 is 5.40. The van der Waals surface area contributed by atoms with Crippen LogP contribution in [0, 0.1) is 6.92 Å². The molecule has 1 saturated heterocycles. The first-order valence-electron chi connectivity index (χ1n) is 6.67. The highest BCUT2D eigenvalue weighted by Gasteiger charge is 2.25. The summed E-state index contributed by atoms with van der Waals surface area (Å²) in [6.45, 7) is 3.67. The summed E-state index contributed by atoms with van der Waals surface area (Å²) in [5.74, 6) is 0.871. The predicted molar refractivity (Wildman–Crippen MR) is 74.7 cm³/mol. The molecule has 2 aromatic rings. The lowest BCUT2D eigenvalue weighted by Gasteiger charge is -2.15. The number of hydrogen-bond donors (Lipinski definition) is 1. The fraction of sp³-hybridized carbons (Fsp3) is 0.400. The predicted octanol–water partition coefficient (Wildman–Crippen LogP) is 2.72. The fourth-order valence-electron chi connectivity index (χ4n) is 2.86. The van der Waals surface area contributed by atoms with Crippen LogP contribution in [0.3, 0.4) is 0 Å². The van der Waals surface area contributed by atoms with Crippen molar-refractivity contribution in [3.8, 4) is 5.75 Å². The van der Waals surface area contributed by atoms with Crippen molar-refractivity contribution in [3.05, 3.63) is 29.5 Å². The van der Waals surface area contributed by atoms with Crippen LogP contribution < -0.4 is 4.74 Å². The van der Waals surface area contributed by atoms with Crippen molar-refractivity contribution in [1.29, 1.82) is 0 Å². The van der Waals surface area contributed by atoms with Crippen LogP contribution in [0.25, 0.3) is 10.9 Å². The van der Waals surface area contributed by atoms with Gasteiger partial charge in [0.25, 0.3) is 5.91 Å². The van der Waals surface area contributed by atoms with E-state index in [1.54, 1.807) is 7.11 Å². The molecule has 1 aromatic carbocycles. The number of aromatic nitrogens is 1. The quantitative estimate of drug-likeness (QED) is 0.900. The first-order chi connectivity index (χ1) is 9.22. The minimum absolute atomic E-state index is 0.116. The fourth-order valence-corrected chi connectivity index (χ4v) is 2.86. The van der Waals surface area contributed by atoms with E-state index in [0.717, 1.165) is 53.8 Å². The van der Waals surface area contributed by atoms with Crippen molar-refractivity contribution in [2.75, 3.05) is 20.2 Å². The summed E-state index contributed by atoms with van der Waals surface area (Å²) >= 11 is 0. The molecule has 100 valence electrons. The third kappa shape index (κ3) is 1.87. The zero-order chi connectivity index (χ0) is 13.4. The first kappa shape index (κ1) is 12.1. The Kier molecular flexibility index (Phi) is 2.93. The van der Waals surface area contributed by atoms with Crippen LogP contribution in [-0.2, 0) is 0 Å². The smallest absolute Gasteiger partial charge is 0.256 e. The Labute approximate surface area is 112 Å². The molecule has 1 aliphatic rings. The molecule has 3 rings (SSSR count). The third-order valence-electron chi connectivity index (χ3n) is 3.80. The van der Waals surface area contributed by atoms with Crippen LogP contribution in [0.1, 0.15) is 28.9 Å². The number of ether oxygens (including phenoxy) is 1. The molecule has 1 aromatic heterocycles. The molecule has 0 bridgehead atoms. The second-order valence-electron chi connectivity index (χ2n) is 5.01. The average molecular weight is 258 g/mol. The summed E-state index contributed by atoms with van der Waals surface area (Å²) in [5.41, 5.74) is 2.63. The standard InChI is InChI=1S/C15H18N2O2/c1-10-13(15(18)17-8-3-4-9-17)14-11(16-10)6-5-7-12(14)19-2/h5-7,16H,3-4,8-9H2,1-2H3. The zero-order valence-corrected chi connectivity index (χ0v) is 11.3. The number of nitrogens with zero attached hydrogens (tertiary/aromatic N) is 1. The van der Waals surface area contributed by atoms with Crippen LogP contribution in [0.5, 0.6) is 5.75 Å². The molecule has 1 N–H and O–H groups in total. The third-order valence-corrected chi connectivity index (χ3v) is 3.80. The normalized spacial score (nSPS) is 15.2. The maximum absolute atomic E-state index is 12.7. The van der Waals surface area contributed by atoms with Crippen LogP contribution in [0.2, 0.25) is 0 Å². The first-order valence-corrected chi connectivity index (χ1v) is 6.67. The summed E-state index contributed by atoms with van der Waals surface area (Å²) in [4.78, 5) is 17.9. The molecule has 0 radical (unpaired) electrons. The molecule has 0 saturated carbocycles. The lowest BCUT2D eigenvalue weighted by atomic mass is 10.1. The highest BCUT2D eigenvalue weighted by molar-refractivity contribution is 6.10. The van der Waals surface area contributed by atoms with E-state index in [2.05, 4.69) is 4.98 Å². The van der Waals surface area contributed by atoms with Gasteiger partial charge in [-0.1, -0.05) is 6.07 Å². The van der Waals surface area contributed by atoms with Gasteiger partial charge in [0, 0.05) is 18.8 Å². The summed E-state index contributed by atoms with van der Waals surface area (Å²) in [7, 11) is 1.64. The zero-order valence-electron chi connectivity index (χ0n) is 11.3. The molecule has 4 heteroatoms. The Hall–Kier alpha value is -1.97. The van der Waals surface area contributed by atoms with Crippen molar-refractivity contribution in [1.82, 2.24) is 9.88 Å². The molecule has 0 unspecified atom stereocenters. The number of nitrogens with one attached hydrogen (secondary N) is 1. The lowest BCUT2D eigenvalue weighted by Crippen LogP contribution is -2.28. The van der Waals surface area contributed by atoms with Crippen LogP contribution in [-0.4, -0.2) is 36.0 Å². The van der Waals surface area contributed by atoms with Gasteiger partial charge in [0.05, 0.1) is 23.6 Å². The largest absolute Gasteiger partial charge is 0.496 e. The number of H-pyrrole nitrogens is 1. The minimum atomic E-state index is 0.116. The molecule has 19 heavy (non-hydrogen) atoms. The molecule has 1 aliphatic heterocycles. The molecule has 1 fully saturated rings. The molecule has 0 atom stereocenters. The van der Waals surface area contributed by atoms with Crippen LogP contribution in [0.4, 0.5) is 0 Å². The van der Waals surface area contributed by atoms with E-state index in [0.29, 0.717) is 0 Å². The monoisotopic (exact) mass is 258 g/mol. The number of benzene rings is 1. The van der Waals surface area contributed by atoms with Gasteiger partial charge in [-0.3, -0.25) is 4.79 Å². The number of amides is 1. The minimum Gasteiger partial charge on any atom is -0.496 e. The van der Waals surface area contributed by atoms with Gasteiger partial charge in [0.1, 0.15) is 5.75 Å². The summed E-state index contributed by atoms with van der Waals surface area (Å²) in [6.07, 6.45) is 2.20. The van der Waals surface area contributed by atoms with E-state index >= 15 is 0 Å². The molecule has 0 aliphatic carbocycles. The molecular formula is C15H18N2O2. The summed E-state index contributed by atoms with van der Waals surface area (Å²) in [6, 6.07) is 5.81. The number of aromatic amines is 1. The van der Waals surface area contributed by atoms with Gasteiger partial charge in [0.2, 0.25) is 0 Å². The van der Waals surface area contributed by atoms with Gasteiger partial charge in [-0.05, 0) is 31.9 Å². The molecule has 2 heterocycles. The van der Waals surface area contributed by atoms with Crippen molar-refractivity contribution in [2.45, 2.75) is 19.8 Å². The van der Waals surface area contributed by atoms with Gasteiger partial charge in [0.15, 0.2) is 0 Å². The average Bonchev–Trinajstić information content (AvgIpc) is 3.04. The van der Waals surface area contributed by atoms with E-state index in [-0.39, 0.29) is 5.91 Å². The van der Waals surface area contributed by atoms with Crippen LogP contribution >= 0.6 is 0 Å². The Morgan fingerprint density at radius 3 is 2.74 bits per heavy atom. The number of carbonyl (C=O) groups is 1. The lowest BCUT2D eigenvalue weighted by molar-refractivity contribution is 0.0794. The van der Waals surface area contributed by atoms with E-state index in [4.69, 9.17) is 4.74 Å². The topological polar surface area (TPSA) is 45.3 Å². The molecule has 1 amide bonds. The van der Waals surface area contributed by atoms with Gasteiger partial charge in [-0.2, -0.15) is 0 Å². The van der Waals surface area contributed by atoms with E-state index in [1.165, 1.54) is 0 Å². The maximum Gasteiger partial charge on any atom is 0.256 e. The molecule has 0 spiro atoms. The molecule has 4 nitrogen and oxygen atoms in total. The maximum atomic E-state index is 12.7. The number of aryl methyl sites for hydroxylation is 1. The highest BCUT2D eigenvalue weighted by atomic mass is 16.5. The van der Waals surface area contributed by atoms with Gasteiger partial charge in [-0.25, -0.2) is 0 Å². The van der Waals surface area contributed by atoms with E-state index in [9.17, 15) is 4.79 Å². The van der Waals surface area contributed by atoms with E-state index < -0.39 is 0 Å². The number of fused-ring (bicyclic) bond motifs is 1. The van der Waals surface area contributed by atoms with Crippen molar-refractivity contribution >= 4 is 16.8 Å². The van der Waals surface area contributed by atoms with Crippen LogP contribution in [0.15, 0.2) is 18.2 Å². The number of hydrogen-bond acceptors (Lipinski definition) is 2. The second kappa shape index (κ2) is 4.61. The van der Waals surface area contributed by atoms with Crippen molar-refractivity contribution < 1.29 is 9.53 Å². The Bertz CT molecular complexity index is 624. The van der Waals surface area contributed by atoms with Crippen molar-refractivity contribution in [3.63, 3.8) is 0 Å². The SMILES string of the molecule is COc1cccc2[nH]c(C)c(C(=O)N3CCCC3)c12. The van der Waals surface area contributed by atoms with E-state index in [1.807, 2.05) is 30.0 Å².